The van der Waals surface area contributed by atoms with Crippen LogP contribution in [0.15, 0.2) is 47.4 Å². The third-order valence-electron chi connectivity index (χ3n) is 5.74. The number of hydrogen-bond donors (Lipinski definition) is 2. The fraction of sp³-hybridized carbons (Fsp3) is 0.500. The first-order valence-electron chi connectivity index (χ1n) is 11.4. The molecule has 0 saturated carbocycles. The quantitative estimate of drug-likeness (QED) is 0.463. The van der Waals surface area contributed by atoms with Crippen molar-refractivity contribution in [2.24, 2.45) is 17.8 Å². The second kappa shape index (κ2) is 11.1. The smallest absolute Gasteiger partial charge is 0.255 e. The molecule has 0 bridgehead atoms. The molecule has 6 heteroatoms. The summed E-state index contributed by atoms with van der Waals surface area (Å²) >= 11 is 0. The second-order valence-corrected chi connectivity index (χ2v) is 11.4. The van der Waals surface area contributed by atoms with E-state index in [4.69, 9.17) is 0 Å². The topological polar surface area (TPSA) is 75.3 Å². The lowest BCUT2D eigenvalue weighted by molar-refractivity contribution is 0.102. The molecule has 0 aliphatic heterocycles. The Morgan fingerprint density at radius 1 is 0.875 bits per heavy atom. The number of benzene rings is 2. The number of rotatable bonds is 10. The van der Waals surface area contributed by atoms with E-state index >= 15 is 0 Å². The molecule has 1 amide bonds. The van der Waals surface area contributed by atoms with Crippen molar-refractivity contribution in [1.29, 1.82) is 0 Å². The summed E-state index contributed by atoms with van der Waals surface area (Å²) in [5.41, 5.74) is 2.78. The number of carbonyl (C=O) groups is 1. The zero-order chi connectivity index (χ0) is 24.1. The molecule has 5 nitrogen and oxygen atoms in total. The van der Waals surface area contributed by atoms with Gasteiger partial charge in [-0.3, -0.25) is 4.79 Å². The molecule has 0 saturated heterocycles. The number of carbonyl (C=O) groups excluding carboxylic acids is 1. The largest absolute Gasteiger partial charge is 0.322 e. The van der Waals surface area contributed by atoms with E-state index in [1.807, 2.05) is 32.0 Å². The highest BCUT2D eigenvalue weighted by Gasteiger charge is 2.25. The number of aryl methyl sites for hydroxylation is 2. The molecule has 0 aliphatic rings. The lowest BCUT2D eigenvalue weighted by atomic mass is 9.85. The Kier molecular flexibility index (Phi) is 9.05. The van der Waals surface area contributed by atoms with E-state index in [0.717, 1.165) is 18.4 Å². The summed E-state index contributed by atoms with van der Waals surface area (Å²) in [5.74, 6) is 1.07. The summed E-state index contributed by atoms with van der Waals surface area (Å²) in [6, 6.07) is 12.0. The van der Waals surface area contributed by atoms with Crippen LogP contribution in [0.25, 0.3) is 0 Å². The second-order valence-electron chi connectivity index (χ2n) is 9.67. The van der Waals surface area contributed by atoms with Crippen molar-refractivity contribution in [3.05, 3.63) is 59.2 Å². The molecule has 1 atom stereocenters. The van der Waals surface area contributed by atoms with Crippen molar-refractivity contribution < 1.29 is 13.2 Å². The Balaban J connectivity index is 2.18. The minimum atomic E-state index is -3.67. The van der Waals surface area contributed by atoms with E-state index in [1.54, 1.807) is 31.2 Å². The van der Waals surface area contributed by atoms with Crippen LogP contribution >= 0.6 is 0 Å². The van der Waals surface area contributed by atoms with Gasteiger partial charge >= 0.3 is 0 Å². The van der Waals surface area contributed by atoms with Gasteiger partial charge in [-0.05, 0) is 86.8 Å². The molecule has 2 aromatic rings. The van der Waals surface area contributed by atoms with Crippen molar-refractivity contribution >= 4 is 21.6 Å². The fourth-order valence-corrected chi connectivity index (χ4v) is 5.48. The van der Waals surface area contributed by atoms with Crippen molar-refractivity contribution in [1.82, 2.24) is 4.72 Å². The highest BCUT2D eigenvalue weighted by atomic mass is 32.2. The number of hydrogen-bond acceptors (Lipinski definition) is 3. The maximum absolute atomic E-state index is 13.1. The molecule has 1 unspecified atom stereocenters. The molecule has 2 aromatic carbocycles. The summed E-state index contributed by atoms with van der Waals surface area (Å²) in [6.07, 6.45) is 1.95. The van der Waals surface area contributed by atoms with Crippen LogP contribution < -0.4 is 10.0 Å². The third-order valence-corrected chi connectivity index (χ3v) is 7.30. The third kappa shape index (κ3) is 7.17. The van der Waals surface area contributed by atoms with Crippen LogP contribution in [-0.4, -0.2) is 20.4 Å². The van der Waals surface area contributed by atoms with Crippen LogP contribution in [0.4, 0.5) is 5.69 Å². The summed E-state index contributed by atoms with van der Waals surface area (Å²) in [6.45, 7) is 14.3. The van der Waals surface area contributed by atoms with Crippen LogP contribution in [-0.2, 0) is 10.0 Å². The SMILES string of the molecule is Cc1cc(S(=O)(=O)NC(C)C(CC(C)C)CC(C)C)ccc1NC(=O)c1ccccc1C. The molecule has 0 radical (unpaired) electrons. The molecule has 176 valence electrons. The molecule has 0 fully saturated rings. The first-order chi connectivity index (χ1) is 14.9. The zero-order valence-corrected chi connectivity index (χ0v) is 21.2. The van der Waals surface area contributed by atoms with E-state index in [0.29, 0.717) is 28.7 Å². The van der Waals surface area contributed by atoms with Gasteiger partial charge in [0.15, 0.2) is 0 Å². The van der Waals surface area contributed by atoms with E-state index in [2.05, 4.69) is 37.7 Å². The molecule has 32 heavy (non-hydrogen) atoms. The first-order valence-corrected chi connectivity index (χ1v) is 12.9. The van der Waals surface area contributed by atoms with Crippen LogP contribution in [0, 0.1) is 31.6 Å². The number of sulfonamides is 1. The lowest BCUT2D eigenvalue weighted by Crippen LogP contribution is -2.39. The standard InChI is InChI=1S/C26H38N2O3S/c1-17(2)14-22(15-18(3)4)21(7)28-32(30,31)23-12-13-25(20(6)16-23)27-26(29)24-11-9-8-10-19(24)5/h8-13,16-18,21-22,28H,14-15H2,1-7H3,(H,27,29). The van der Waals surface area contributed by atoms with Crippen LogP contribution in [0.2, 0.25) is 0 Å². The lowest BCUT2D eigenvalue weighted by Gasteiger charge is -2.28. The minimum Gasteiger partial charge on any atom is -0.322 e. The van der Waals surface area contributed by atoms with Crippen molar-refractivity contribution in [2.75, 3.05) is 5.32 Å². The number of anilines is 1. The molecular formula is C26H38N2O3S. The molecule has 0 heterocycles. The van der Waals surface area contributed by atoms with Crippen LogP contribution in [0.5, 0.6) is 0 Å². The summed E-state index contributed by atoms with van der Waals surface area (Å²) in [4.78, 5) is 12.8. The van der Waals surface area contributed by atoms with Gasteiger partial charge in [-0.2, -0.15) is 0 Å². The predicted octanol–water partition coefficient (Wildman–Crippen LogP) is 5.93. The van der Waals surface area contributed by atoms with Gasteiger partial charge in [0.1, 0.15) is 0 Å². The van der Waals surface area contributed by atoms with Crippen molar-refractivity contribution in [3.8, 4) is 0 Å². The van der Waals surface area contributed by atoms with Crippen molar-refractivity contribution in [3.63, 3.8) is 0 Å². The van der Waals surface area contributed by atoms with E-state index in [9.17, 15) is 13.2 Å². The van der Waals surface area contributed by atoms with E-state index in [-0.39, 0.29) is 22.8 Å². The highest BCUT2D eigenvalue weighted by Crippen LogP contribution is 2.26. The molecule has 2 N–H and O–H groups in total. The predicted molar refractivity (Wildman–Crippen MR) is 132 cm³/mol. The van der Waals surface area contributed by atoms with Crippen LogP contribution in [0.1, 0.15) is 68.9 Å². The monoisotopic (exact) mass is 458 g/mol. The molecular weight excluding hydrogens is 420 g/mol. The fourth-order valence-electron chi connectivity index (χ4n) is 4.09. The average Bonchev–Trinajstić information content (AvgIpc) is 2.68. The Morgan fingerprint density at radius 2 is 1.47 bits per heavy atom. The van der Waals surface area contributed by atoms with Crippen LogP contribution in [0.3, 0.4) is 0 Å². The summed E-state index contributed by atoms with van der Waals surface area (Å²) in [7, 11) is -3.67. The minimum absolute atomic E-state index is 0.162. The average molecular weight is 459 g/mol. The maximum Gasteiger partial charge on any atom is 0.255 e. The van der Waals surface area contributed by atoms with Gasteiger partial charge in [0.25, 0.3) is 5.91 Å². The summed E-state index contributed by atoms with van der Waals surface area (Å²) in [5, 5.41) is 2.89. The van der Waals surface area contributed by atoms with Gasteiger partial charge < -0.3 is 5.32 Å². The normalized spacial score (nSPS) is 13.1. The Morgan fingerprint density at radius 3 is 2.00 bits per heavy atom. The zero-order valence-electron chi connectivity index (χ0n) is 20.4. The first kappa shape index (κ1) is 26.1. The van der Waals surface area contributed by atoms with E-state index in [1.165, 1.54) is 0 Å². The Hall–Kier alpha value is -2.18. The maximum atomic E-state index is 13.1. The molecule has 0 aliphatic carbocycles. The molecule has 0 spiro atoms. The number of amides is 1. The van der Waals surface area contributed by atoms with Gasteiger partial charge in [-0.15, -0.1) is 0 Å². The summed E-state index contributed by atoms with van der Waals surface area (Å²) < 4.78 is 29.0. The Labute approximate surface area is 194 Å². The molecule has 2 rings (SSSR count). The Bertz CT molecular complexity index is 1020. The van der Waals surface area contributed by atoms with Gasteiger partial charge in [-0.1, -0.05) is 45.9 Å². The number of nitrogens with one attached hydrogen (secondary N) is 2. The van der Waals surface area contributed by atoms with Gasteiger partial charge in [0, 0.05) is 17.3 Å². The van der Waals surface area contributed by atoms with Crippen molar-refractivity contribution in [2.45, 2.75) is 72.2 Å². The molecule has 0 aromatic heterocycles. The van der Waals surface area contributed by atoms with Gasteiger partial charge in [-0.25, -0.2) is 13.1 Å². The highest BCUT2D eigenvalue weighted by molar-refractivity contribution is 7.89. The van der Waals surface area contributed by atoms with E-state index < -0.39 is 10.0 Å². The van der Waals surface area contributed by atoms with Gasteiger partial charge in [0.2, 0.25) is 10.0 Å². The van der Waals surface area contributed by atoms with Gasteiger partial charge in [0.05, 0.1) is 4.90 Å².